The van der Waals surface area contributed by atoms with Crippen molar-refractivity contribution >= 4 is 5.97 Å². The van der Waals surface area contributed by atoms with Gasteiger partial charge in [-0.25, -0.2) is 4.79 Å². The summed E-state index contributed by atoms with van der Waals surface area (Å²) in [4.78, 5) is 11.4. The lowest BCUT2D eigenvalue weighted by atomic mass is 9.71. The zero-order valence-corrected chi connectivity index (χ0v) is 14.0. The van der Waals surface area contributed by atoms with Gasteiger partial charge in [0.05, 0.1) is 12.7 Å². The van der Waals surface area contributed by atoms with E-state index < -0.39 is 42.1 Å². The Morgan fingerprint density at radius 3 is 2.38 bits per heavy atom. The minimum atomic E-state index is -1.60. The average molecular weight is 346 g/mol. The molecule has 1 aliphatic carbocycles. The van der Waals surface area contributed by atoms with E-state index in [1.54, 1.807) is 6.92 Å². The van der Waals surface area contributed by atoms with Crippen LogP contribution in [0.15, 0.2) is 11.1 Å². The standard InChI is InChI=1S/C16H26O8/c1-7-4-8(5-16(2,3)10(7)14(20)21)23-6-9-11(17)12(18)13(19)15(22)24-9/h8-9,11-13,15,17-19,22H,4-6H2,1-3H3,(H,20,21). The Morgan fingerprint density at radius 2 is 1.83 bits per heavy atom. The summed E-state index contributed by atoms with van der Waals surface area (Å²) in [6, 6.07) is 0. The van der Waals surface area contributed by atoms with E-state index in [2.05, 4.69) is 0 Å². The normalized spacial score (nSPS) is 39.8. The zero-order chi connectivity index (χ0) is 18.2. The fraction of sp³-hybridized carbons (Fsp3) is 0.812. The molecule has 0 saturated carbocycles. The summed E-state index contributed by atoms with van der Waals surface area (Å²) in [6.45, 7) is 5.35. The van der Waals surface area contributed by atoms with E-state index in [-0.39, 0.29) is 12.7 Å². The van der Waals surface area contributed by atoms with Crippen LogP contribution in [0, 0.1) is 5.41 Å². The van der Waals surface area contributed by atoms with E-state index in [0.717, 1.165) is 5.57 Å². The lowest BCUT2D eigenvalue weighted by Crippen LogP contribution is -2.58. The molecule has 0 amide bonds. The molecule has 0 aromatic rings. The van der Waals surface area contributed by atoms with Crippen molar-refractivity contribution in [3.63, 3.8) is 0 Å². The molecule has 1 aliphatic heterocycles. The van der Waals surface area contributed by atoms with E-state index in [0.29, 0.717) is 18.4 Å². The molecule has 6 unspecified atom stereocenters. The van der Waals surface area contributed by atoms with Crippen LogP contribution in [0.25, 0.3) is 0 Å². The Kier molecular flexibility index (Phi) is 5.68. The lowest BCUT2D eigenvalue weighted by Gasteiger charge is -2.40. The van der Waals surface area contributed by atoms with Crippen molar-refractivity contribution < 1.29 is 39.8 Å². The quantitative estimate of drug-likeness (QED) is 0.455. The van der Waals surface area contributed by atoms with Crippen LogP contribution >= 0.6 is 0 Å². The maximum Gasteiger partial charge on any atom is 0.332 e. The maximum atomic E-state index is 11.4. The summed E-state index contributed by atoms with van der Waals surface area (Å²) in [5.74, 6) is -0.929. The highest BCUT2D eigenvalue weighted by Crippen LogP contribution is 2.41. The van der Waals surface area contributed by atoms with Gasteiger partial charge in [0.15, 0.2) is 6.29 Å². The summed E-state index contributed by atoms with van der Waals surface area (Å²) in [5, 5.41) is 47.9. The SMILES string of the molecule is CC1=C(C(=O)O)C(C)(C)CC(OCC2OC(O)C(O)C(O)C2O)C1. The van der Waals surface area contributed by atoms with Gasteiger partial charge in [0.1, 0.15) is 24.4 Å². The highest BCUT2D eigenvalue weighted by atomic mass is 16.6. The number of carboxylic acid groups (broad SMARTS) is 1. The summed E-state index contributed by atoms with van der Waals surface area (Å²) < 4.78 is 10.8. The Balaban J connectivity index is 2.00. The predicted octanol–water partition coefficient (Wildman–Crippen LogP) is -0.607. The Morgan fingerprint density at radius 1 is 1.21 bits per heavy atom. The van der Waals surface area contributed by atoms with Crippen molar-refractivity contribution in [3.05, 3.63) is 11.1 Å². The molecular weight excluding hydrogens is 320 g/mol. The van der Waals surface area contributed by atoms with Crippen molar-refractivity contribution in [2.75, 3.05) is 6.61 Å². The minimum absolute atomic E-state index is 0.0849. The van der Waals surface area contributed by atoms with Gasteiger partial charge in [0.2, 0.25) is 0 Å². The van der Waals surface area contributed by atoms with Crippen molar-refractivity contribution in [1.29, 1.82) is 0 Å². The van der Waals surface area contributed by atoms with Gasteiger partial charge in [-0.3, -0.25) is 0 Å². The van der Waals surface area contributed by atoms with Crippen molar-refractivity contribution in [1.82, 2.24) is 0 Å². The van der Waals surface area contributed by atoms with Crippen LogP contribution in [0.2, 0.25) is 0 Å². The molecule has 2 aliphatic rings. The molecule has 1 saturated heterocycles. The van der Waals surface area contributed by atoms with E-state index in [1.165, 1.54) is 0 Å². The molecule has 0 radical (unpaired) electrons. The highest BCUT2D eigenvalue weighted by Gasteiger charge is 2.44. The van der Waals surface area contributed by atoms with Crippen molar-refractivity contribution in [2.24, 2.45) is 5.41 Å². The first-order valence-corrected chi connectivity index (χ1v) is 7.97. The van der Waals surface area contributed by atoms with Crippen LogP contribution < -0.4 is 0 Å². The number of aliphatic hydroxyl groups excluding tert-OH is 4. The smallest absolute Gasteiger partial charge is 0.332 e. The van der Waals surface area contributed by atoms with Gasteiger partial charge in [0, 0.05) is 5.57 Å². The summed E-state index contributed by atoms with van der Waals surface area (Å²) in [6.07, 6.45) is -6.39. The Labute approximate surface area is 140 Å². The molecule has 5 N–H and O–H groups in total. The lowest BCUT2D eigenvalue weighted by molar-refractivity contribution is -0.290. The number of rotatable bonds is 4. The number of aliphatic hydroxyl groups is 4. The maximum absolute atomic E-state index is 11.4. The summed E-state index contributed by atoms with van der Waals surface area (Å²) in [5.41, 5.74) is 0.578. The van der Waals surface area contributed by atoms with E-state index in [9.17, 15) is 30.3 Å². The molecular formula is C16H26O8. The third-order valence-electron chi connectivity index (χ3n) is 4.77. The molecule has 6 atom stereocenters. The molecule has 24 heavy (non-hydrogen) atoms. The molecule has 0 aromatic carbocycles. The molecule has 1 heterocycles. The van der Waals surface area contributed by atoms with Crippen LogP contribution in [0.4, 0.5) is 0 Å². The Bertz CT molecular complexity index is 514. The number of ether oxygens (including phenoxy) is 2. The van der Waals surface area contributed by atoms with Gasteiger partial charge in [-0.05, 0) is 25.2 Å². The van der Waals surface area contributed by atoms with Gasteiger partial charge in [-0.2, -0.15) is 0 Å². The monoisotopic (exact) mass is 346 g/mol. The molecule has 8 heteroatoms. The summed E-state index contributed by atoms with van der Waals surface area (Å²) >= 11 is 0. The zero-order valence-electron chi connectivity index (χ0n) is 14.0. The van der Waals surface area contributed by atoms with Crippen LogP contribution in [0.1, 0.15) is 33.6 Å². The highest BCUT2D eigenvalue weighted by molar-refractivity contribution is 5.89. The first-order chi connectivity index (χ1) is 11.0. The van der Waals surface area contributed by atoms with Crippen LogP contribution in [-0.4, -0.2) is 74.9 Å². The summed E-state index contributed by atoms with van der Waals surface area (Å²) in [7, 11) is 0. The first kappa shape index (κ1) is 19.3. The molecule has 0 bridgehead atoms. The largest absolute Gasteiger partial charge is 0.478 e. The van der Waals surface area contributed by atoms with E-state index in [4.69, 9.17) is 9.47 Å². The number of hydrogen-bond acceptors (Lipinski definition) is 7. The second-order valence-electron chi connectivity index (χ2n) is 7.24. The van der Waals surface area contributed by atoms with Gasteiger partial charge < -0.3 is 35.0 Å². The van der Waals surface area contributed by atoms with Crippen molar-refractivity contribution in [2.45, 2.75) is 70.4 Å². The molecule has 138 valence electrons. The molecule has 2 rings (SSSR count). The van der Waals surface area contributed by atoms with Crippen LogP contribution in [-0.2, 0) is 14.3 Å². The third kappa shape index (κ3) is 3.79. The minimum Gasteiger partial charge on any atom is -0.478 e. The number of carbonyl (C=O) groups is 1. The molecule has 0 aromatic heterocycles. The fourth-order valence-corrected chi connectivity index (χ4v) is 3.65. The first-order valence-electron chi connectivity index (χ1n) is 7.97. The van der Waals surface area contributed by atoms with Crippen LogP contribution in [0.5, 0.6) is 0 Å². The van der Waals surface area contributed by atoms with E-state index in [1.807, 2.05) is 13.8 Å². The second kappa shape index (κ2) is 7.07. The van der Waals surface area contributed by atoms with Gasteiger partial charge in [0.25, 0.3) is 0 Å². The molecule has 0 spiro atoms. The van der Waals surface area contributed by atoms with Gasteiger partial charge in [-0.1, -0.05) is 19.4 Å². The molecule has 1 fully saturated rings. The average Bonchev–Trinajstić information content (AvgIpc) is 2.45. The molecule has 8 nitrogen and oxygen atoms in total. The fourth-order valence-electron chi connectivity index (χ4n) is 3.65. The van der Waals surface area contributed by atoms with Gasteiger partial charge in [-0.15, -0.1) is 0 Å². The topological polar surface area (TPSA) is 137 Å². The van der Waals surface area contributed by atoms with Gasteiger partial charge >= 0.3 is 5.97 Å². The van der Waals surface area contributed by atoms with Crippen LogP contribution in [0.3, 0.4) is 0 Å². The van der Waals surface area contributed by atoms with Crippen molar-refractivity contribution in [3.8, 4) is 0 Å². The third-order valence-corrected chi connectivity index (χ3v) is 4.77. The number of carboxylic acids is 1. The predicted molar refractivity (Wildman–Crippen MR) is 82.0 cm³/mol. The Hall–Kier alpha value is -1.03. The number of aliphatic carboxylic acids is 1. The van der Waals surface area contributed by atoms with E-state index >= 15 is 0 Å². The second-order valence-corrected chi connectivity index (χ2v) is 7.24. The number of hydrogen-bond donors (Lipinski definition) is 5.